The Bertz CT molecular complexity index is 1100. The van der Waals surface area contributed by atoms with Crippen LogP contribution in [0.3, 0.4) is 0 Å². The zero-order valence-corrected chi connectivity index (χ0v) is 17.5. The molecule has 2 heterocycles. The number of rotatable bonds is 3. The van der Waals surface area contributed by atoms with E-state index >= 15 is 0 Å². The van der Waals surface area contributed by atoms with Crippen LogP contribution in [0.1, 0.15) is 16.8 Å². The number of amides is 2. The lowest BCUT2D eigenvalue weighted by Crippen LogP contribution is -2.48. The van der Waals surface area contributed by atoms with Crippen LogP contribution in [0.4, 0.5) is 15.8 Å². The van der Waals surface area contributed by atoms with Gasteiger partial charge in [-0.2, -0.15) is 0 Å². The van der Waals surface area contributed by atoms with Crippen molar-refractivity contribution in [3.63, 3.8) is 0 Å². The summed E-state index contributed by atoms with van der Waals surface area (Å²) in [6.07, 6.45) is -0.0837. The predicted octanol–water partition coefficient (Wildman–Crippen LogP) is 2.51. The molecule has 0 bridgehead atoms. The Balaban J connectivity index is 1.51. The second kappa shape index (κ2) is 7.88. The molecule has 7 nitrogen and oxygen atoms in total. The van der Waals surface area contributed by atoms with E-state index in [1.807, 2.05) is 0 Å². The molecule has 2 aromatic carbocycles. The van der Waals surface area contributed by atoms with Gasteiger partial charge in [0.2, 0.25) is 15.9 Å². The normalized spacial score (nSPS) is 18.7. The van der Waals surface area contributed by atoms with Gasteiger partial charge in [0.05, 0.1) is 22.0 Å². The fraction of sp³-hybridized carbons (Fsp3) is 0.300. The Kier molecular flexibility index (Phi) is 5.42. The van der Waals surface area contributed by atoms with Gasteiger partial charge in [-0.1, -0.05) is 11.6 Å². The predicted molar refractivity (Wildman–Crippen MR) is 112 cm³/mol. The van der Waals surface area contributed by atoms with Gasteiger partial charge >= 0.3 is 0 Å². The van der Waals surface area contributed by atoms with Crippen molar-refractivity contribution in [2.24, 2.45) is 0 Å². The van der Waals surface area contributed by atoms with E-state index < -0.39 is 15.9 Å². The quantitative estimate of drug-likeness (QED) is 0.716. The fourth-order valence-electron chi connectivity index (χ4n) is 3.66. The number of hydrogen-bond donors (Lipinski definition) is 0. The van der Waals surface area contributed by atoms with Gasteiger partial charge in [0, 0.05) is 38.3 Å². The standard InChI is InChI=1S/C20H19ClFN3O4S/c21-18-6-5-16(25-19(26)7-12-30(25,28)29)13-17(18)20(27)24-10-8-23(9-11-24)15-3-1-14(22)2-4-15/h1-6,13H,7-12H2. The molecule has 10 heteroatoms. The molecule has 2 fully saturated rings. The SMILES string of the molecule is O=C(c1cc(N2C(=O)CCS2(=O)=O)ccc1Cl)N1CCN(c2ccc(F)cc2)CC1. The van der Waals surface area contributed by atoms with Crippen molar-refractivity contribution >= 4 is 44.8 Å². The van der Waals surface area contributed by atoms with Gasteiger partial charge in [0.25, 0.3) is 5.91 Å². The largest absolute Gasteiger partial charge is 0.368 e. The van der Waals surface area contributed by atoms with Gasteiger partial charge < -0.3 is 9.80 Å². The third kappa shape index (κ3) is 3.87. The maximum absolute atomic E-state index is 13.1. The first-order valence-corrected chi connectivity index (χ1v) is 11.4. The van der Waals surface area contributed by atoms with Crippen LogP contribution in [0.25, 0.3) is 0 Å². The third-order valence-electron chi connectivity index (χ3n) is 5.25. The molecule has 2 aliphatic heterocycles. The van der Waals surface area contributed by atoms with Crippen LogP contribution >= 0.6 is 11.6 Å². The number of benzene rings is 2. The van der Waals surface area contributed by atoms with Crippen molar-refractivity contribution in [1.29, 1.82) is 0 Å². The first-order chi connectivity index (χ1) is 14.3. The van der Waals surface area contributed by atoms with E-state index in [1.54, 1.807) is 17.0 Å². The van der Waals surface area contributed by atoms with Gasteiger partial charge in [-0.15, -0.1) is 0 Å². The molecule has 2 aromatic rings. The van der Waals surface area contributed by atoms with Crippen LogP contribution in [-0.2, 0) is 14.8 Å². The molecule has 0 radical (unpaired) electrons. The number of carbonyl (C=O) groups is 2. The molecule has 2 saturated heterocycles. The first kappa shape index (κ1) is 20.6. The zero-order chi connectivity index (χ0) is 21.5. The summed E-state index contributed by atoms with van der Waals surface area (Å²) in [5.74, 6) is -1.41. The highest BCUT2D eigenvalue weighted by molar-refractivity contribution is 7.94. The number of halogens is 2. The Morgan fingerprint density at radius 3 is 2.20 bits per heavy atom. The lowest BCUT2D eigenvalue weighted by atomic mass is 10.1. The number of carbonyl (C=O) groups excluding carboxylic acids is 2. The van der Waals surface area contributed by atoms with Crippen molar-refractivity contribution in [3.8, 4) is 0 Å². The van der Waals surface area contributed by atoms with Crippen LogP contribution in [-0.4, -0.2) is 57.1 Å². The molecule has 0 aliphatic carbocycles. The van der Waals surface area contributed by atoms with Gasteiger partial charge in [-0.25, -0.2) is 17.1 Å². The van der Waals surface area contributed by atoms with Crippen molar-refractivity contribution in [2.75, 3.05) is 41.1 Å². The topological polar surface area (TPSA) is 78.0 Å². The van der Waals surface area contributed by atoms with Crippen LogP contribution in [0.5, 0.6) is 0 Å². The second-order valence-electron chi connectivity index (χ2n) is 7.14. The van der Waals surface area contributed by atoms with Gasteiger partial charge in [-0.3, -0.25) is 9.59 Å². The molecular formula is C20H19ClFN3O4S. The average Bonchev–Trinajstić information content (AvgIpc) is 3.01. The lowest BCUT2D eigenvalue weighted by molar-refractivity contribution is -0.116. The molecule has 0 atom stereocenters. The number of piperazine rings is 1. The number of anilines is 2. The Morgan fingerprint density at radius 2 is 1.60 bits per heavy atom. The monoisotopic (exact) mass is 451 g/mol. The first-order valence-electron chi connectivity index (χ1n) is 9.41. The summed E-state index contributed by atoms with van der Waals surface area (Å²) in [6, 6.07) is 10.4. The van der Waals surface area contributed by atoms with Crippen LogP contribution in [0.15, 0.2) is 42.5 Å². The van der Waals surface area contributed by atoms with E-state index in [1.165, 1.54) is 30.3 Å². The van der Waals surface area contributed by atoms with Crippen molar-refractivity contribution in [2.45, 2.75) is 6.42 Å². The molecule has 0 N–H and O–H groups in total. The number of nitrogens with zero attached hydrogens (tertiary/aromatic N) is 3. The van der Waals surface area contributed by atoms with Crippen molar-refractivity contribution in [1.82, 2.24) is 4.90 Å². The van der Waals surface area contributed by atoms with Gasteiger partial charge in [-0.05, 0) is 42.5 Å². The summed E-state index contributed by atoms with van der Waals surface area (Å²) in [7, 11) is -3.73. The fourth-order valence-corrected chi connectivity index (χ4v) is 5.31. The highest BCUT2D eigenvalue weighted by Gasteiger charge is 2.37. The third-order valence-corrected chi connectivity index (χ3v) is 7.27. The molecule has 2 aliphatic rings. The molecule has 0 saturated carbocycles. The summed E-state index contributed by atoms with van der Waals surface area (Å²) >= 11 is 6.22. The van der Waals surface area contributed by atoms with Crippen molar-refractivity contribution in [3.05, 3.63) is 58.9 Å². The van der Waals surface area contributed by atoms with Gasteiger partial charge in [0.15, 0.2) is 0 Å². The van der Waals surface area contributed by atoms with E-state index in [9.17, 15) is 22.4 Å². The maximum atomic E-state index is 13.1. The summed E-state index contributed by atoms with van der Waals surface area (Å²) in [5.41, 5.74) is 1.15. The average molecular weight is 452 g/mol. The maximum Gasteiger partial charge on any atom is 0.255 e. The van der Waals surface area contributed by atoms with Crippen LogP contribution < -0.4 is 9.21 Å². The summed E-state index contributed by atoms with van der Waals surface area (Å²) in [4.78, 5) is 28.8. The molecule has 0 unspecified atom stereocenters. The highest BCUT2D eigenvalue weighted by Crippen LogP contribution is 2.30. The molecule has 158 valence electrons. The lowest BCUT2D eigenvalue weighted by Gasteiger charge is -2.36. The molecule has 0 aromatic heterocycles. The highest BCUT2D eigenvalue weighted by atomic mass is 35.5. The Hall–Kier alpha value is -2.65. The van der Waals surface area contributed by atoms with Crippen LogP contribution in [0, 0.1) is 5.82 Å². The van der Waals surface area contributed by atoms with Crippen LogP contribution in [0.2, 0.25) is 5.02 Å². The van der Waals surface area contributed by atoms with E-state index in [0.29, 0.717) is 26.2 Å². The molecular weight excluding hydrogens is 433 g/mol. The van der Waals surface area contributed by atoms with Crippen molar-refractivity contribution < 1.29 is 22.4 Å². The molecule has 30 heavy (non-hydrogen) atoms. The Labute approximate surface area is 178 Å². The number of hydrogen-bond acceptors (Lipinski definition) is 5. The zero-order valence-electron chi connectivity index (χ0n) is 15.9. The Morgan fingerprint density at radius 1 is 0.967 bits per heavy atom. The van der Waals surface area contributed by atoms with Gasteiger partial charge in [0.1, 0.15) is 5.82 Å². The van der Waals surface area contributed by atoms with E-state index in [4.69, 9.17) is 11.6 Å². The minimum absolute atomic E-state index is 0.0837. The molecule has 4 rings (SSSR count). The minimum atomic E-state index is -3.73. The number of sulfonamides is 1. The smallest absolute Gasteiger partial charge is 0.255 e. The second-order valence-corrected chi connectivity index (χ2v) is 9.49. The van der Waals surface area contributed by atoms with E-state index in [-0.39, 0.29) is 40.2 Å². The molecule has 2 amide bonds. The summed E-state index contributed by atoms with van der Waals surface area (Å²) in [6.45, 7) is 1.98. The summed E-state index contributed by atoms with van der Waals surface area (Å²) < 4.78 is 38.2. The molecule has 0 spiro atoms. The summed E-state index contributed by atoms with van der Waals surface area (Å²) in [5, 5.41) is 0.189. The van der Waals surface area contributed by atoms with E-state index in [0.717, 1.165) is 9.99 Å². The van der Waals surface area contributed by atoms with E-state index in [2.05, 4.69) is 4.90 Å². The minimum Gasteiger partial charge on any atom is -0.368 e.